The van der Waals surface area contributed by atoms with Gasteiger partial charge in [-0.3, -0.25) is 0 Å². The molecule has 0 spiro atoms. The third-order valence-corrected chi connectivity index (χ3v) is 3.92. The molecule has 1 N–H and O–H groups in total. The molecule has 2 aliphatic rings. The summed E-state index contributed by atoms with van der Waals surface area (Å²) in [6.45, 7) is 1.30. The van der Waals surface area contributed by atoms with Gasteiger partial charge in [0, 0.05) is 17.0 Å². The number of hydrogen-bond donors (Lipinski definition) is 1. The highest BCUT2D eigenvalue weighted by atomic mass is 16.5. The first-order valence-electron chi connectivity index (χ1n) is 7.33. The van der Waals surface area contributed by atoms with Crippen LogP contribution in [0.4, 0.5) is 0 Å². The molecule has 130 valence electrons. The summed E-state index contributed by atoms with van der Waals surface area (Å²) in [4.78, 5) is 10.5. The fraction of sp³-hybridized carbons (Fsp3) is 0.350. The normalized spacial score (nSPS) is 19.0. The number of benzene rings is 2. The van der Waals surface area contributed by atoms with Gasteiger partial charge in [0.2, 0.25) is 0 Å². The number of aliphatic hydroxyl groups is 1. The zero-order valence-electron chi connectivity index (χ0n) is 12.1. The van der Waals surface area contributed by atoms with Gasteiger partial charge < -0.3 is 19.4 Å². The molecule has 2 aromatic carbocycles. The van der Waals surface area contributed by atoms with Crippen molar-refractivity contribution in [1.29, 1.82) is 0 Å². The number of fused-ring (bicyclic) bond motifs is 2. The lowest BCUT2D eigenvalue weighted by atomic mass is 10.0. The molecule has 0 saturated carbocycles. The number of para-hydroxylation sites is 2. The van der Waals surface area contributed by atoms with Gasteiger partial charge in [-0.15, -0.1) is 0 Å². The van der Waals surface area contributed by atoms with Gasteiger partial charge in [0.05, 0.1) is 19.1 Å². The minimum Gasteiger partial charge on any atom is -0.493 e. The Balaban J connectivity index is 0.000000222. The van der Waals surface area contributed by atoms with E-state index < -0.39 is 0 Å². The average molecular weight is 330 g/mol. The van der Waals surface area contributed by atoms with Crippen LogP contribution in [0.15, 0.2) is 48.5 Å². The average Bonchev–Trinajstić information content (AvgIpc) is 3.19. The lowest BCUT2D eigenvalue weighted by Gasteiger charge is -2.01. The topological polar surface area (TPSA) is 55.8 Å². The quantitative estimate of drug-likeness (QED) is 0.851. The molecule has 24 heavy (non-hydrogen) atoms. The molecule has 4 rings (SSSR count). The second kappa shape index (κ2) is 9.08. The van der Waals surface area contributed by atoms with Crippen molar-refractivity contribution < 1.29 is 19.4 Å². The first kappa shape index (κ1) is 19.7. The number of hydrogen-bond acceptors (Lipinski definition) is 4. The van der Waals surface area contributed by atoms with Gasteiger partial charge in [0.1, 0.15) is 24.4 Å². The summed E-state index contributed by atoms with van der Waals surface area (Å²) in [5.41, 5.74) is 2.15. The Bertz CT molecular complexity index is 654. The van der Waals surface area contributed by atoms with Crippen LogP contribution in [-0.4, -0.2) is 31.2 Å². The molecule has 2 atom stereocenters. The van der Waals surface area contributed by atoms with Crippen molar-refractivity contribution in [2.45, 2.75) is 26.7 Å². The maximum atomic E-state index is 10.5. The third kappa shape index (κ3) is 3.95. The zero-order valence-corrected chi connectivity index (χ0v) is 12.1. The first-order valence-corrected chi connectivity index (χ1v) is 7.33. The van der Waals surface area contributed by atoms with Gasteiger partial charge in [0.25, 0.3) is 0 Å². The molecule has 4 nitrogen and oxygen atoms in total. The predicted molar refractivity (Wildman–Crippen MR) is 96.0 cm³/mol. The van der Waals surface area contributed by atoms with E-state index in [9.17, 15) is 4.79 Å². The SMILES string of the molecule is C.C.O=CC1COc2ccccc21.OCC1COc2ccccc21. The Morgan fingerprint density at radius 2 is 1.46 bits per heavy atom. The van der Waals surface area contributed by atoms with E-state index in [1.54, 1.807) is 0 Å². The zero-order chi connectivity index (χ0) is 15.4. The number of ether oxygens (including phenoxy) is 2. The highest BCUT2D eigenvalue weighted by Crippen LogP contribution is 2.33. The molecule has 0 radical (unpaired) electrons. The number of carbonyl (C=O) groups is 1. The van der Waals surface area contributed by atoms with Crippen molar-refractivity contribution in [3.05, 3.63) is 59.7 Å². The molecule has 2 aromatic rings. The largest absolute Gasteiger partial charge is 0.493 e. The summed E-state index contributed by atoms with van der Waals surface area (Å²) >= 11 is 0. The lowest BCUT2D eigenvalue weighted by molar-refractivity contribution is -0.109. The van der Waals surface area contributed by atoms with Crippen molar-refractivity contribution in [3.63, 3.8) is 0 Å². The number of rotatable bonds is 2. The van der Waals surface area contributed by atoms with E-state index in [-0.39, 0.29) is 33.3 Å². The highest BCUT2D eigenvalue weighted by Gasteiger charge is 2.22. The standard InChI is InChI=1S/C9H10O2.C9H8O2.2CH4/c2*10-5-7-6-11-9-4-2-1-3-8(7)9;;/h1-4,7,10H,5-6H2;1-5,7H,6H2;2*1H4. The Morgan fingerprint density at radius 3 is 2.08 bits per heavy atom. The molecular weight excluding hydrogens is 304 g/mol. The molecule has 4 heteroatoms. The van der Waals surface area contributed by atoms with Gasteiger partial charge in [-0.25, -0.2) is 0 Å². The molecule has 0 aromatic heterocycles. The fourth-order valence-electron chi connectivity index (χ4n) is 2.68. The van der Waals surface area contributed by atoms with E-state index in [1.807, 2.05) is 48.5 Å². The summed E-state index contributed by atoms with van der Waals surface area (Å²) in [6.07, 6.45) is 0.936. The van der Waals surface area contributed by atoms with Crippen LogP contribution < -0.4 is 9.47 Å². The van der Waals surface area contributed by atoms with Crippen LogP contribution in [0, 0.1) is 0 Å². The van der Waals surface area contributed by atoms with Crippen LogP contribution >= 0.6 is 0 Å². The molecule has 0 aliphatic carbocycles. The molecule has 2 unspecified atom stereocenters. The van der Waals surface area contributed by atoms with E-state index in [2.05, 4.69) is 0 Å². The molecule has 0 amide bonds. The Morgan fingerprint density at radius 1 is 0.917 bits per heavy atom. The van der Waals surface area contributed by atoms with Crippen LogP contribution in [-0.2, 0) is 4.79 Å². The molecule has 2 aliphatic heterocycles. The van der Waals surface area contributed by atoms with Gasteiger partial charge in [0.15, 0.2) is 0 Å². The fourth-order valence-corrected chi connectivity index (χ4v) is 2.68. The van der Waals surface area contributed by atoms with Crippen molar-refractivity contribution >= 4 is 6.29 Å². The van der Waals surface area contributed by atoms with Crippen molar-refractivity contribution in [1.82, 2.24) is 0 Å². The summed E-state index contributed by atoms with van der Waals surface area (Å²) in [6, 6.07) is 15.5. The summed E-state index contributed by atoms with van der Waals surface area (Å²) in [5, 5.41) is 8.93. The van der Waals surface area contributed by atoms with Crippen molar-refractivity contribution in [2.24, 2.45) is 0 Å². The highest BCUT2D eigenvalue weighted by molar-refractivity contribution is 5.66. The van der Waals surface area contributed by atoms with Gasteiger partial charge >= 0.3 is 0 Å². The van der Waals surface area contributed by atoms with Crippen LogP contribution in [0.2, 0.25) is 0 Å². The van der Waals surface area contributed by atoms with Crippen molar-refractivity contribution in [2.75, 3.05) is 19.8 Å². The Hall–Kier alpha value is -2.33. The molecule has 0 bridgehead atoms. The Labute approximate surface area is 144 Å². The number of aldehydes is 1. The second-order valence-electron chi connectivity index (χ2n) is 5.32. The first-order chi connectivity index (χ1) is 10.8. The van der Waals surface area contributed by atoms with Gasteiger partial charge in [-0.05, 0) is 12.1 Å². The second-order valence-corrected chi connectivity index (χ2v) is 5.32. The van der Waals surface area contributed by atoms with E-state index in [0.717, 1.165) is 28.9 Å². The molecule has 2 heterocycles. The predicted octanol–water partition coefficient (Wildman–Crippen LogP) is 3.79. The Kier molecular flexibility index (Phi) is 7.46. The van der Waals surface area contributed by atoms with Crippen LogP contribution in [0.25, 0.3) is 0 Å². The van der Waals surface area contributed by atoms with E-state index in [0.29, 0.717) is 13.2 Å². The monoisotopic (exact) mass is 330 g/mol. The van der Waals surface area contributed by atoms with E-state index in [1.165, 1.54) is 0 Å². The van der Waals surface area contributed by atoms with Crippen LogP contribution in [0.3, 0.4) is 0 Å². The minimum atomic E-state index is -0.0498. The minimum absolute atomic E-state index is 0. The maximum Gasteiger partial charge on any atom is 0.131 e. The molecule has 0 saturated heterocycles. The summed E-state index contributed by atoms with van der Waals surface area (Å²) < 4.78 is 10.6. The summed E-state index contributed by atoms with van der Waals surface area (Å²) in [7, 11) is 0. The maximum absolute atomic E-state index is 10.5. The molecular formula is C20H26O4. The van der Waals surface area contributed by atoms with Crippen LogP contribution in [0.5, 0.6) is 11.5 Å². The smallest absolute Gasteiger partial charge is 0.131 e. The van der Waals surface area contributed by atoms with E-state index in [4.69, 9.17) is 14.6 Å². The number of aliphatic hydroxyl groups excluding tert-OH is 1. The molecule has 0 fully saturated rings. The van der Waals surface area contributed by atoms with Crippen molar-refractivity contribution in [3.8, 4) is 11.5 Å². The third-order valence-electron chi connectivity index (χ3n) is 3.92. The van der Waals surface area contributed by atoms with Gasteiger partial charge in [-0.2, -0.15) is 0 Å². The van der Waals surface area contributed by atoms with E-state index >= 15 is 0 Å². The lowest BCUT2D eigenvalue weighted by Crippen LogP contribution is -2.04. The number of carbonyl (C=O) groups excluding carboxylic acids is 1. The van der Waals surface area contributed by atoms with Crippen LogP contribution in [0.1, 0.15) is 37.8 Å². The van der Waals surface area contributed by atoms with Gasteiger partial charge in [-0.1, -0.05) is 51.3 Å². The summed E-state index contributed by atoms with van der Waals surface area (Å²) in [5.74, 6) is 1.91.